The second-order valence-corrected chi connectivity index (χ2v) is 7.37. The molecule has 4 rings (SSSR count). The van der Waals surface area contributed by atoms with Crippen LogP contribution in [0.3, 0.4) is 0 Å². The van der Waals surface area contributed by atoms with Crippen molar-refractivity contribution in [2.75, 3.05) is 11.9 Å². The van der Waals surface area contributed by atoms with Crippen molar-refractivity contribution in [3.05, 3.63) is 94.3 Å². The van der Waals surface area contributed by atoms with Crippen LogP contribution in [0.15, 0.2) is 60.7 Å². The van der Waals surface area contributed by atoms with Gasteiger partial charge in [-0.15, -0.1) is 0 Å². The predicted molar refractivity (Wildman–Crippen MR) is 113 cm³/mol. The number of rotatable bonds is 3. The van der Waals surface area contributed by atoms with Gasteiger partial charge in [0.25, 0.3) is 11.8 Å². The molecule has 1 N–H and O–H groups in total. The van der Waals surface area contributed by atoms with Crippen LogP contribution in [0.1, 0.15) is 43.2 Å². The highest BCUT2D eigenvalue weighted by atomic mass is 16.2. The van der Waals surface area contributed by atoms with Crippen molar-refractivity contribution in [2.24, 2.45) is 0 Å². The molecule has 5 nitrogen and oxygen atoms in total. The second-order valence-electron chi connectivity index (χ2n) is 7.37. The summed E-state index contributed by atoms with van der Waals surface area (Å²) in [4.78, 5) is 31.9. The van der Waals surface area contributed by atoms with E-state index in [1.807, 2.05) is 44.2 Å². The van der Waals surface area contributed by atoms with Crippen LogP contribution >= 0.6 is 0 Å². The number of amides is 2. The van der Waals surface area contributed by atoms with Crippen molar-refractivity contribution in [1.82, 2.24) is 9.88 Å². The Morgan fingerprint density at radius 3 is 2.28 bits per heavy atom. The summed E-state index contributed by atoms with van der Waals surface area (Å²) in [7, 11) is 0. The lowest BCUT2D eigenvalue weighted by Crippen LogP contribution is -2.36. The van der Waals surface area contributed by atoms with E-state index in [1.165, 1.54) is 5.56 Å². The molecule has 5 heteroatoms. The van der Waals surface area contributed by atoms with E-state index in [9.17, 15) is 9.59 Å². The SMILES string of the molecule is Cc1cccc(C)c1NC(=O)c1cccc(C(=O)N2CCc3ccccc3C2)n1. The second kappa shape index (κ2) is 7.87. The van der Waals surface area contributed by atoms with Gasteiger partial charge in [-0.25, -0.2) is 4.98 Å². The highest BCUT2D eigenvalue weighted by Crippen LogP contribution is 2.21. The first-order chi connectivity index (χ1) is 14.0. The fourth-order valence-corrected chi connectivity index (χ4v) is 3.70. The third kappa shape index (κ3) is 3.90. The Kier molecular flexibility index (Phi) is 5.12. The van der Waals surface area contributed by atoms with Gasteiger partial charge in [-0.3, -0.25) is 9.59 Å². The fourth-order valence-electron chi connectivity index (χ4n) is 3.70. The lowest BCUT2D eigenvalue weighted by atomic mass is 10.00. The molecule has 2 amide bonds. The molecule has 0 fully saturated rings. The van der Waals surface area contributed by atoms with Crippen molar-refractivity contribution >= 4 is 17.5 Å². The van der Waals surface area contributed by atoms with Crippen molar-refractivity contribution in [2.45, 2.75) is 26.8 Å². The molecule has 0 saturated carbocycles. The number of benzene rings is 2. The summed E-state index contributed by atoms with van der Waals surface area (Å²) < 4.78 is 0. The van der Waals surface area contributed by atoms with Crippen LogP contribution < -0.4 is 5.32 Å². The molecule has 29 heavy (non-hydrogen) atoms. The molecule has 1 aliphatic rings. The molecule has 3 aromatic rings. The minimum Gasteiger partial charge on any atom is -0.333 e. The van der Waals surface area contributed by atoms with Gasteiger partial charge in [0.15, 0.2) is 0 Å². The average Bonchev–Trinajstić information content (AvgIpc) is 2.75. The van der Waals surface area contributed by atoms with Crippen LogP contribution in [-0.2, 0) is 13.0 Å². The van der Waals surface area contributed by atoms with E-state index in [1.54, 1.807) is 23.1 Å². The quantitative estimate of drug-likeness (QED) is 0.737. The summed E-state index contributed by atoms with van der Waals surface area (Å²) in [6.07, 6.45) is 0.828. The van der Waals surface area contributed by atoms with Gasteiger partial charge < -0.3 is 10.2 Å². The number of nitrogens with one attached hydrogen (secondary N) is 1. The van der Waals surface area contributed by atoms with Gasteiger partial charge in [-0.2, -0.15) is 0 Å². The molecule has 0 radical (unpaired) electrons. The summed E-state index contributed by atoms with van der Waals surface area (Å²) in [6, 6.07) is 19.0. The fraction of sp³-hybridized carbons (Fsp3) is 0.208. The molecule has 0 bridgehead atoms. The molecule has 0 aliphatic carbocycles. The predicted octanol–water partition coefficient (Wildman–Crippen LogP) is 4.15. The van der Waals surface area contributed by atoms with Crippen LogP contribution in [0, 0.1) is 13.8 Å². The molecule has 1 aliphatic heterocycles. The summed E-state index contributed by atoms with van der Waals surface area (Å²) >= 11 is 0. The van der Waals surface area contributed by atoms with Gasteiger partial charge in [-0.05, 0) is 54.7 Å². The Morgan fingerprint density at radius 2 is 1.52 bits per heavy atom. The molecule has 1 aromatic heterocycles. The van der Waals surface area contributed by atoms with Crippen LogP contribution in [0.2, 0.25) is 0 Å². The standard InChI is InChI=1S/C24H23N3O2/c1-16-7-5-8-17(2)22(16)26-23(28)20-11-6-12-21(25-20)24(29)27-14-13-18-9-3-4-10-19(18)15-27/h3-12H,13-15H2,1-2H3,(H,26,28). The van der Waals surface area contributed by atoms with Crippen LogP contribution in [-0.4, -0.2) is 28.2 Å². The first-order valence-electron chi connectivity index (χ1n) is 9.73. The maximum Gasteiger partial charge on any atom is 0.274 e. The van der Waals surface area contributed by atoms with Crippen LogP contribution in [0.5, 0.6) is 0 Å². The largest absolute Gasteiger partial charge is 0.333 e. The molecule has 0 unspecified atom stereocenters. The summed E-state index contributed by atoms with van der Waals surface area (Å²) in [6.45, 7) is 5.11. The minimum atomic E-state index is -0.318. The van der Waals surface area contributed by atoms with Gasteiger partial charge in [0.2, 0.25) is 0 Å². The summed E-state index contributed by atoms with van der Waals surface area (Å²) in [5.41, 5.74) is 5.72. The maximum absolute atomic E-state index is 13.0. The van der Waals surface area contributed by atoms with Gasteiger partial charge in [-0.1, -0.05) is 48.5 Å². The average molecular weight is 385 g/mol. The summed E-state index contributed by atoms with van der Waals surface area (Å²) in [5, 5.41) is 2.93. The number of hydrogen-bond donors (Lipinski definition) is 1. The first-order valence-corrected chi connectivity index (χ1v) is 9.73. The summed E-state index contributed by atoms with van der Waals surface area (Å²) in [5.74, 6) is -0.470. The molecule has 0 atom stereocenters. The minimum absolute atomic E-state index is 0.152. The monoisotopic (exact) mass is 385 g/mol. The molecule has 0 spiro atoms. The molecule has 2 heterocycles. The number of para-hydroxylation sites is 1. The lowest BCUT2D eigenvalue weighted by molar-refractivity contribution is 0.0728. The van der Waals surface area contributed by atoms with E-state index < -0.39 is 0 Å². The highest BCUT2D eigenvalue weighted by molar-refractivity contribution is 6.04. The van der Waals surface area contributed by atoms with Gasteiger partial charge in [0.1, 0.15) is 11.4 Å². The number of aromatic nitrogens is 1. The zero-order valence-corrected chi connectivity index (χ0v) is 16.6. The first kappa shape index (κ1) is 18.9. The smallest absolute Gasteiger partial charge is 0.274 e. The van der Waals surface area contributed by atoms with Crippen molar-refractivity contribution in [1.29, 1.82) is 0 Å². The van der Waals surface area contributed by atoms with E-state index in [-0.39, 0.29) is 17.5 Å². The molecule has 0 saturated heterocycles. The number of nitrogens with zero attached hydrogens (tertiary/aromatic N) is 2. The van der Waals surface area contributed by atoms with E-state index >= 15 is 0 Å². The maximum atomic E-state index is 13.0. The van der Waals surface area contributed by atoms with Gasteiger partial charge in [0.05, 0.1) is 0 Å². The van der Waals surface area contributed by atoms with Crippen molar-refractivity contribution in [3.63, 3.8) is 0 Å². The third-order valence-electron chi connectivity index (χ3n) is 5.34. The number of fused-ring (bicyclic) bond motifs is 1. The number of carbonyl (C=O) groups is 2. The molecule has 2 aromatic carbocycles. The third-order valence-corrected chi connectivity index (χ3v) is 5.34. The van der Waals surface area contributed by atoms with Gasteiger partial charge in [0, 0.05) is 18.8 Å². The molecular formula is C24H23N3O2. The van der Waals surface area contributed by atoms with Crippen molar-refractivity contribution in [3.8, 4) is 0 Å². The Hall–Kier alpha value is -3.47. The van der Waals surface area contributed by atoms with Crippen molar-refractivity contribution < 1.29 is 9.59 Å². The number of anilines is 1. The Bertz CT molecular complexity index is 1070. The van der Waals surface area contributed by atoms with E-state index in [4.69, 9.17) is 0 Å². The van der Waals surface area contributed by atoms with Crippen LogP contribution in [0.25, 0.3) is 0 Å². The van der Waals surface area contributed by atoms with E-state index in [0.717, 1.165) is 28.8 Å². The molecular weight excluding hydrogens is 362 g/mol. The van der Waals surface area contributed by atoms with Crippen LogP contribution in [0.4, 0.5) is 5.69 Å². The van der Waals surface area contributed by atoms with E-state index in [2.05, 4.69) is 22.4 Å². The van der Waals surface area contributed by atoms with E-state index in [0.29, 0.717) is 18.8 Å². The Morgan fingerprint density at radius 1 is 0.862 bits per heavy atom. The zero-order valence-electron chi connectivity index (χ0n) is 16.6. The zero-order chi connectivity index (χ0) is 20.4. The Balaban J connectivity index is 1.53. The number of pyridine rings is 1. The highest BCUT2D eigenvalue weighted by Gasteiger charge is 2.23. The normalized spacial score (nSPS) is 13.0. The number of carbonyl (C=O) groups excluding carboxylic acids is 2. The molecule has 146 valence electrons. The Labute approximate surface area is 170 Å². The number of aryl methyl sites for hydroxylation is 2. The topological polar surface area (TPSA) is 62.3 Å². The lowest BCUT2D eigenvalue weighted by Gasteiger charge is -2.28. The van der Waals surface area contributed by atoms with Gasteiger partial charge >= 0.3 is 0 Å². The number of hydrogen-bond acceptors (Lipinski definition) is 3.